The second kappa shape index (κ2) is 7.66. The maximum Gasteiger partial charge on any atom is 0.261 e. The number of ether oxygens (including phenoxy) is 1. The van der Waals surface area contributed by atoms with Crippen LogP contribution in [0.4, 0.5) is 4.39 Å². The lowest BCUT2D eigenvalue weighted by Gasteiger charge is -2.22. The Kier molecular flexibility index (Phi) is 5.05. The average Bonchev–Trinajstić information content (AvgIpc) is 3.12. The van der Waals surface area contributed by atoms with Crippen LogP contribution in [0.25, 0.3) is 10.9 Å². The van der Waals surface area contributed by atoms with E-state index in [0.717, 1.165) is 23.8 Å². The van der Waals surface area contributed by atoms with Crippen molar-refractivity contribution < 1.29 is 13.9 Å². The molecule has 6 nitrogen and oxygen atoms in total. The predicted molar refractivity (Wildman–Crippen MR) is 107 cm³/mol. The van der Waals surface area contributed by atoms with Gasteiger partial charge in [-0.15, -0.1) is 0 Å². The Morgan fingerprint density at radius 3 is 2.72 bits per heavy atom. The van der Waals surface area contributed by atoms with Crippen molar-refractivity contribution in [1.82, 2.24) is 14.5 Å². The first-order valence-electron chi connectivity index (χ1n) is 9.54. The number of amides is 1. The molecule has 3 aromatic rings. The zero-order chi connectivity index (χ0) is 20.5. The van der Waals surface area contributed by atoms with Gasteiger partial charge in [-0.3, -0.25) is 14.2 Å². The van der Waals surface area contributed by atoms with Crippen molar-refractivity contribution in [3.05, 3.63) is 70.5 Å². The molecular weight excluding hydrogens is 373 g/mol. The molecule has 0 radical (unpaired) electrons. The Balaban J connectivity index is 1.52. The van der Waals surface area contributed by atoms with Crippen molar-refractivity contribution in [2.75, 3.05) is 13.7 Å². The minimum atomic E-state index is -0.504. The number of hydrogen-bond acceptors (Lipinski definition) is 4. The van der Waals surface area contributed by atoms with Gasteiger partial charge in [0.05, 0.1) is 24.3 Å². The molecule has 2 atom stereocenters. The molecule has 1 aliphatic heterocycles. The van der Waals surface area contributed by atoms with Gasteiger partial charge in [0.1, 0.15) is 18.1 Å². The van der Waals surface area contributed by atoms with Crippen LogP contribution in [0.2, 0.25) is 0 Å². The van der Waals surface area contributed by atoms with Gasteiger partial charge in [-0.05, 0) is 49.2 Å². The zero-order valence-electron chi connectivity index (χ0n) is 16.3. The van der Waals surface area contributed by atoms with Crippen LogP contribution < -0.4 is 10.3 Å². The Morgan fingerprint density at radius 1 is 1.24 bits per heavy atom. The summed E-state index contributed by atoms with van der Waals surface area (Å²) in [6.45, 7) is 2.49. The summed E-state index contributed by atoms with van der Waals surface area (Å²) >= 11 is 0. The van der Waals surface area contributed by atoms with Crippen molar-refractivity contribution in [1.29, 1.82) is 0 Å². The molecule has 0 N–H and O–H groups in total. The van der Waals surface area contributed by atoms with Gasteiger partial charge in [-0.1, -0.05) is 12.1 Å². The number of methoxy groups -OCH3 is 1. The molecule has 1 amide bonds. The van der Waals surface area contributed by atoms with Crippen molar-refractivity contribution in [3.63, 3.8) is 0 Å². The number of likely N-dealkylation sites (tertiary alicyclic amines) is 1. The molecule has 0 spiro atoms. The molecule has 0 aliphatic carbocycles. The highest BCUT2D eigenvalue weighted by Gasteiger charge is 2.33. The number of carbonyl (C=O) groups is 1. The standard InChI is InChI=1S/C22H22FN3O3/c1-14-9-16(15-3-6-18(29-2)7-4-15)11-26(14)21(27)12-25-13-24-20-8-5-17(23)10-19(20)22(25)28/h3-8,10,13-14,16H,9,11-12H2,1-2H3. The van der Waals surface area contributed by atoms with E-state index in [1.807, 2.05) is 31.2 Å². The molecule has 7 heteroatoms. The summed E-state index contributed by atoms with van der Waals surface area (Å²) in [5, 5.41) is 0.172. The highest BCUT2D eigenvalue weighted by Crippen LogP contribution is 2.32. The summed E-state index contributed by atoms with van der Waals surface area (Å²) in [5.74, 6) is 0.386. The first-order valence-corrected chi connectivity index (χ1v) is 9.54. The van der Waals surface area contributed by atoms with E-state index in [0.29, 0.717) is 12.1 Å². The number of carbonyl (C=O) groups excluding carboxylic acids is 1. The summed E-state index contributed by atoms with van der Waals surface area (Å²) in [6, 6.07) is 11.8. The quantitative estimate of drug-likeness (QED) is 0.681. The van der Waals surface area contributed by atoms with Gasteiger partial charge in [0.25, 0.3) is 5.56 Å². The monoisotopic (exact) mass is 395 g/mol. The van der Waals surface area contributed by atoms with Crippen LogP contribution in [0.5, 0.6) is 5.75 Å². The lowest BCUT2D eigenvalue weighted by Crippen LogP contribution is -2.38. The predicted octanol–water partition coefficient (Wildman–Crippen LogP) is 2.95. The molecule has 2 unspecified atom stereocenters. The second-order valence-corrected chi connectivity index (χ2v) is 7.44. The smallest absolute Gasteiger partial charge is 0.261 e. The first kappa shape index (κ1) is 19.1. The lowest BCUT2D eigenvalue weighted by molar-refractivity contribution is -0.132. The number of aromatic nitrogens is 2. The van der Waals surface area contributed by atoms with Gasteiger partial charge >= 0.3 is 0 Å². The van der Waals surface area contributed by atoms with Crippen LogP contribution in [-0.4, -0.2) is 40.1 Å². The fraction of sp³-hybridized carbons (Fsp3) is 0.318. The molecule has 2 aromatic carbocycles. The van der Waals surface area contributed by atoms with Gasteiger partial charge in [0, 0.05) is 18.5 Å². The van der Waals surface area contributed by atoms with E-state index >= 15 is 0 Å². The van der Waals surface area contributed by atoms with E-state index in [4.69, 9.17) is 4.74 Å². The van der Waals surface area contributed by atoms with Gasteiger partial charge in [0.15, 0.2) is 0 Å². The van der Waals surface area contributed by atoms with E-state index in [1.165, 1.54) is 23.0 Å². The maximum absolute atomic E-state index is 13.5. The molecule has 4 rings (SSSR count). The van der Waals surface area contributed by atoms with Crippen LogP contribution in [0.15, 0.2) is 53.6 Å². The Bertz CT molecular complexity index is 1110. The third-order valence-corrected chi connectivity index (χ3v) is 5.57. The fourth-order valence-electron chi connectivity index (χ4n) is 3.98. The summed E-state index contributed by atoms with van der Waals surface area (Å²) in [5.41, 5.74) is 1.16. The highest BCUT2D eigenvalue weighted by atomic mass is 19.1. The highest BCUT2D eigenvalue weighted by molar-refractivity contribution is 5.79. The van der Waals surface area contributed by atoms with E-state index in [2.05, 4.69) is 4.98 Å². The minimum Gasteiger partial charge on any atom is -0.497 e. The average molecular weight is 395 g/mol. The lowest BCUT2D eigenvalue weighted by atomic mass is 9.97. The number of nitrogens with zero attached hydrogens (tertiary/aromatic N) is 3. The molecule has 1 fully saturated rings. The summed E-state index contributed by atoms with van der Waals surface area (Å²) < 4.78 is 19.9. The number of fused-ring (bicyclic) bond motifs is 1. The van der Waals surface area contributed by atoms with Crippen LogP contribution in [0.3, 0.4) is 0 Å². The normalized spacial score (nSPS) is 18.9. The van der Waals surface area contributed by atoms with Crippen LogP contribution in [-0.2, 0) is 11.3 Å². The van der Waals surface area contributed by atoms with Gasteiger partial charge in [-0.2, -0.15) is 0 Å². The van der Waals surface area contributed by atoms with Crippen LogP contribution >= 0.6 is 0 Å². The summed E-state index contributed by atoms with van der Waals surface area (Å²) in [6.07, 6.45) is 2.20. The van der Waals surface area contributed by atoms with Crippen LogP contribution in [0.1, 0.15) is 24.8 Å². The van der Waals surface area contributed by atoms with Gasteiger partial charge in [0.2, 0.25) is 5.91 Å². The third-order valence-electron chi connectivity index (χ3n) is 5.57. The van der Waals surface area contributed by atoms with Gasteiger partial charge in [-0.25, -0.2) is 9.37 Å². The second-order valence-electron chi connectivity index (χ2n) is 7.44. The van der Waals surface area contributed by atoms with Crippen molar-refractivity contribution in [2.45, 2.75) is 31.8 Å². The number of rotatable bonds is 4. The summed E-state index contributed by atoms with van der Waals surface area (Å²) in [7, 11) is 1.63. The van der Waals surface area contributed by atoms with Crippen molar-refractivity contribution >= 4 is 16.8 Å². The van der Waals surface area contributed by atoms with E-state index in [-0.39, 0.29) is 29.8 Å². The molecule has 0 bridgehead atoms. The Morgan fingerprint density at radius 2 is 2.00 bits per heavy atom. The first-order chi connectivity index (χ1) is 14.0. The molecule has 1 saturated heterocycles. The van der Waals surface area contributed by atoms with Gasteiger partial charge < -0.3 is 9.64 Å². The Labute approximate surface area is 167 Å². The topological polar surface area (TPSA) is 64.4 Å². The largest absolute Gasteiger partial charge is 0.497 e. The number of halogens is 1. The Hall–Kier alpha value is -3.22. The third kappa shape index (κ3) is 3.72. The summed E-state index contributed by atoms with van der Waals surface area (Å²) in [4.78, 5) is 31.5. The van der Waals surface area contributed by atoms with Crippen LogP contribution in [0, 0.1) is 5.82 Å². The number of benzene rings is 2. The van der Waals surface area contributed by atoms with E-state index in [1.54, 1.807) is 12.0 Å². The zero-order valence-corrected chi connectivity index (χ0v) is 16.3. The van der Waals surface area contributed by atoms with E-state index in [9.17, 15) is 14.0 Å². The molecule has 1 aromatic heterocycles. The molecular formula is C22H22FN3O3. The molecule has 1 aliphatic rings. The molecule has 2 heterocycles. The van der Waals surface area contributed by atoms with E-state index < -0.39 is 11.4 Å². The molecule has 0 saturated carbocycles. The van der Waals surface area contributed by atoms with Crippen molar-refractivity contribution in [3.8, 4) is 5.75 Å². The number of hydrogen-bond donors (Lipinski definition) is 0. The minimum absolute atomic E-state index is 0.0659. The molecule has 29 heavy (non-hydrogen) atoms. The fourth-order valence-corrected chi connectivity index (χ4v) is 3.98. The van der Waals surface area contributed by atoms with Crippen molar-refractivity contribution in [2.24, 2.45) is 0 Å². The maximum atomic E-state index is 13.5. The SMILES string of the molecule is COc1ccc(C2CC(C)N(C(=O)Cn3cnc4ccc(F)cc4c3=O)C2)cc1. The molecule has 150 valence electrons.